The summed E-state index contributed by atoms with van der Waals surface area (Å²) < 4.78 is 10.9. The number of rotatable bonds is 7. The lowest BCUT2D eigenvalue weighted by Crippen LogP contribution is -2.32. The number of ether oxygens (including phenoxy) is 2. The second kappa shape index (κ2) is 9.21. The first-order chi connectivity index (χ1) is 12.8. The molecule has 2 aromatic carbocycles. The second-order valence-corrected chi connectivity index (χ2v) is 6.58. The molecule has 2 rings (SSSR count). The Morgan fingerprint density at radius 3 is 2.26 bits per heavy atom. The van der Waals surface area contributed by atoms with Gasteiger partial charge in [-0.05, 0) is 75.1 Å². The number of hydrogen-bond donors (Lipinski definition) is 1. The minimum absolute atomic E-state index is 0.249. The first kappa shape index (κ1) is 20.5. The maximum atomic E-state index is 12.7. The van der Waals surface area contributed by atoms with Crippen molar-refractivity contribution < 1.29 is 19.1 Å². The monoisotopic (exact) mass is 369 g/mol. The molecule has 0 saturated carbocycles. The third-order valence-corrected chi connectivity index (χ3v) is 4.14. The lowest BCUT2D eigenvalue weighted by Gasteiger charge is -2.19. The fraction of sp³-hybridized carbons (Fsp3) is 0.364. The lowest BCUT2D eigenvalue weighted by atomic mass is 10.1. The van der Waals surface area contributed by atoms with E-state index in [1.54, 1.807) is 25.1 Å². The zero-order valence-corrected chi connectivity index (χ0v) is 16.6. The van der Waals surface area contributed by atoms with Gasteiger partial charge < -0.3 is 14.8 Å². The number of hydrogen-bond acceptors (Lipinski definition) is 4. The van der Waals surface area contributed by atoms with Gasteiger partial charge in [-0.2, -0.15) is 0 Å². The standard InChI is InChI=1S/C22H27NO4/c1-6-20(27-18-11-14(3)10-15(4)12-18)21(24)23-19-13-17(9-8-16(19)5)22(25)26-7-2/h8-13,20H,6-7H2,1-5H3,(H,23,24)/t20-/m1/s1. The number of benzene rings is 2. The van der Waals surface area contributed by atoms with E-state index in [2.05, 4.69) is 11.4 Å². The van der Waals surface area contributed by atoms with E-state index in [1.165, 1.54) is 0 Å². The van der Waals surface area contributed by atoms with E-state index >= 15 is 0 Å². The van der Waals surface area contributed by atoms with Crippen LogP contribution in [0, 0.1) is 20.8 Å². The molecule has 1 N–H and O–H groups in total. The van der Waals surface area contributed by atoms with Crippen molar-refractivity contribution in [2.24, 2.45) is 0 Å². The van der Waals surface area contributed by atoms with Crippen LogP contribution in [0.4, 0.5) is 5.69 Å². The summed E-state index contributed by atoms with van der Waals surface area (Å²) in [6.45, 7) is 9.81. The summed E-state index contributed by atoms with van der Waals surface area (Å²) in [6.07, 6.45) is -0.105. The van der Waals surface area contributed by atoms with E-state index in [1.807, 2.05) is 39.8 Å². The van der Waals surface area contributed by atoms with Crippen LogP contribution in [-0.4, -0.2) is 24.6 Å². The predicted molar refractivity (Wildman–Crippen MR) is 106 cm³/mol. The average Bonchev–Trinajstić information content (AvgIpc) is 2.60. The van der Waals surface area contributed by atoms with Gasteiger partial charge >= 0.3 is 5.97 Å². The first-order valence-electron chi connectivity index (χ1n) is 9.17. The summed E-state index contributed by atoms with van der Waals surface area (Å²) in [5, 5.41) is 2.88. The summed E-state index contributed by atoms with van der Waals surface area (Å²) in [7, 11) is 0. The fourth-order valence-electron chi connectivity index (χ4n) is 2.80. The summed E-state index contributed by atoms with van der Waals surface area (Å²) in [6, 6.07) is 11.0. The van der Waals surface area contributed by atoms with Gasteiger partial charge in [0.05, 0.1) is 12.2 Å². The summed E-state index contributed by atoms with van der Waals surface area (Å²) in [5.41, 5.74) is 4.00. The topological polar surface area (TPSA) is 64.6 Å². The molecule has 2 aromatic rings. The SMILES string of the molecule is CCOC(=O)c1ccc(C)c(NC(=O)[C@@H](CC)Oc2cc(C)cc(C)c2)c1. The maximum Gasteiger partial charge on any atom is 0.338 e. The van der Waals surface area contributed by atoms with Gasteiger partial charge in [0.25, 0.3) is 5.91 Å². The molecule has 0 bridgehead atoms. The molecule has 0 fully saturated rings. The molecule has 1 atom stereocenters. The van der Waals surface area contributed by atoms with E-state index in [4.69, 9.17) is 9.47 Å². The van der Waals surface area contributed by atoms with E-state index in [9.17, 15) is 9.59 Å². The Hall–Kier alpha value is -2.82. The van der Waals surface area contributed by atoms with Crippen LogP contribution >= 0.6 is 0 Å². The van der Waals surface area contributed by atoms with E-state index in [0.717, 1.165) is 16.7 Å². The molecular formula is C22H27NO4. The number of carbonyl (C=O) groups excluding carboxylic acids is 2. The van der Waals surface area contributed by atoms with Crippen LogP contribution in [0.25, 0.3) is 0 Å². The van der Waals surface area contributed by atoms with Crippen LogP contribution in [0.3, 0.4) is 0 Å². The number of carbonyl (C=O) groups is 2. The van der Waals surface area contributed by atoms with Crippen LogP contribution in [0.5, 0.6) is 5.75 Å². The molecule has 0 aromatic heterocycles. The van der Waals surface area contributed by atoms with Crippen LogP contribution in [0.2, 0.25) is 0 Å². The van der Waals surface area contributed by atoms with Crippen LogP contribution < -0.4 is 10.1 Å². The molecule has 0 unspecified atom stereocenters. The van der Waals surface area contributed by atoms with Crippen molar-refractivity contribution in [3.63, 3.8) is 0 Å². The summed E-state index contributed by atoms with van der Waals surface area (Å²) in [5.74, 6) is 0.0128. The van der Waals surface area contributed by atoms with Crippen LogP contribution in [0.1, 0.15) is 47.3 Å². The third kappa shape index (κ3) is 5.58. The number of aryl methyl sites for hydroxylation is 3. The Morgan fingerprint density at radius 2 is 1.67 bits per heavy atom. The highest BCUT2D eigenvalue weighted by molar-refractivity contribution is 5.97. The Balaban J connectivity index is 2.16. The third-order valence-electron chi connectivity index (χ3n) is 4.14. The minimum Gasteiger partial charge on any atom is -0.481 e. The second-order valence-electron chi connectivity index (χ2n) is 6.58. The zero-order valence-electron chi connectivity index (χ0n) is 16.6. The highest BCUT2D eigenvalue weighted by atomic mass is 16.5. The molecule has 144 valence electrons. The number of esters is 1. The van der Waals surface area contributed by atoms with E-state index < -0.39 is 12.1 Å². The maximum absolute atomic E-state index is 12.7. The molecule has 0 aliphatic rings. The van der Waals surface area contributed by atoms with Gasteiger partial charge in [-0.1, -0.05) is 19.1 Å². The van der Waals surface area contributed by atoms with Crippen molar-refractivity contribution in [3.05, 3.63) is 58.7 Å². The van der Waals surface area contributed by atoms with Crippen molar-refractivity contribution in [1.82, 2.24) is 0 Å². The Kier molecular flexibility index (Phi) is 6.99. The van der Waals surface area contributed by atoms with Gasteiger partial charge in [-0.25, -0.2) is 4.79 Å². The molecule has 27 heavy (non-hydrogen) atoms. The lowest BCUT2D eigenvalue weighted by molar-refractivity contribution is -0.122. The quantitative estimate of drug-likeness (QED) is 0.725. The zero-order chi connectivity index (χ0) is 20.0. The van der Waals surface area contributed by atoms with Gasteiger partial charge in [0.1, 0.15) is 5.75 Å². The van der Waals surface area contributed by atoms with Gasteiger partial charge in [0.2, 0.25) is 0 Å². The van der Waals surface area contributed by atoms with Gasteiger partial charge in [0, 0.05) is 5.69 Å². The highest BCUT2D eigenvalue weighted by Crippen LogP contribution is 2.21. The number of amides is 1. The molecule has 0 saturated heterocycles. The molecule has 0 aliphatic heterocycles. The van der Waals surface area contributed by atoms with Crippen molar-refractivity contribution in [1.29, 1.82) is 0 Å². The molecule has 0 spiro atoms. The molecule has 0 radical (unpaired) electrons. The first-order valence-corrected chi connectivity index (χ1v) is 9.17. The predicted octanol–water partition coefficient (Wildman–Crippen LogP) is 4.58. The molecule has 0 heterocycles. The number of nitrogens with one attached hydrogen (secondary N) is 1. The van der Waals surface area contributed by atoms with Gasteiger partial charge in [-0.15, -0.1) is 0 Å². The fourth-order valence-corrected chi connectivity index (χ4v) is 2.80. The molecule has 5 heteroatoms. The highest BCUT2D eigenvalue weighted by Gasteiger charge is 2.20. The summed E-state index contributed by atoms with van der Waals surface area (Å²) in [4.78, 5) is 24.7. The van der Waals surface area contributed by atoms with E-state index in [-0.39, 0.29) is 5.91 Å². The summed E-state index contributed by atoms with van der Waals surface area (Å²) >= 11 is 0. The minimum atomic E-state index is -0.628. The van der Waals surface area contributed by atoms with Gasteiger partial charge in [0.15, 0.2) is 6.10 Å². The Labute approximate surface area is 160 Å². The Morgan fingerprint density at radius 1 is 1.00 bits per heavy atom. The van der Waals surface area contributed by atoms with Crippen LogP contribution in [0.15, 0.2) is 36.4 Å². The van der Waals surface area contributed by atoms with Crippen molar-refractivity contribution >= 4 is 17.6 Å². The van der Waals surface area contributed by atoms with Crippen molar-refractivity contribution in [2.75, 3.05) is 11.9 Å². The normalized spacial score (nSPS) is 11.6. The number of anilines is 1. The van der Waals surface area contributed by atoms with Crippen molar-refractivity contribution in [2.45, 2.75) is 47.1 Å². The molecule has 0 aliphatic carbocycles. The average molecular weight is 369 g/mol. The molecule has 1 amide bonds. The molecular weight excluding hydrogens is 342 g/mol. The largest absolute Gasteiger partial charge is 0.481 e. The van der Waals surface area contributed by atoms with Crippen LogP contribution in [-0.2, 0) is 9.53 Å². The smallest absolute Gasteiger partial charge is 0.338 e. The van der Waals surface area contributed by atoms with Gasteiger partial charge in [-0.3, -0.25) is 4.79 Å². The molecule has 5 nitrogen and oxygen atoms in total. The van der Waals surface area contributed by atoms with Crippen molar-refractivity contribution in [3.8, 4) is 5.75 Å². The van der Waals surface area contributed by atoms with E-state index in [0.29, 0.717) is 30.0 Å². The Bertz CT molecular complexity index is 809.